The molecule has 0 aromatic rings. The topological polar surface area (TPSA) is 52.6 Å². The highest BCUT2D eigenvalue weighted by Crippen LogP contribution is 2.04. The highest BCUT2D eigenvalue weighted by molar-refractivity contribution is 5.69. The summed E-state index contributed by atoms with van der Waals surface area (Å²) in [5.41, 5.74) is 0. The van der Waals surface area contributed by atoms with Crippen LogP contribution in [0.3, 0.4) is 0 Å². The summed E-state index contributed by atoms with van der Waals surface area (Å²) in [6.07, 6.45) is 1.06. The van der Waals surface area contributed by atoms with E-state index >= 15 is 0 Å². The second-order valence-corrected chi connectivity index (χ2v) is 2.96. The lowest BCUT2D eigenvalue weighted by molar-refractivity contribution is -0.138. The van der Waals surface area contributed by atoms with Gasteiger partial charge in [-0.25, -0.2) is 0 Å². The summed E-state index contributed by atoms with van der Waals surface area (Å²) in [5.74, 6) is -0.751. The van der Waals surface area contributed by atoms with Crippen molar-refractivity contribution in [1.29, 1.82) is 0 Å². The summed E-state index contributed by atoms with van der Waals surface area (Å²) in [4.78, 5) is 12.2. The van der Waals surface area contributed by atoms with Crippen LogP contribution in [0.5, 0.6) is 0 Å². The maximum atomic E-state index is 10.3. The van der Waals surface area contributed by atoms with Gasteiger partial charge in [0.1, 0.15) is 0 Å². The van der Waals surface area contributed by atoms with Gasteiger partial charge in [0, 0.05) is 12.6 Å². The number of rotatable bonds is 3. The molecule has 0 saturated carbocycles. The van der Waals surface area contributed by atoms with Crippen molar-refractivity contribution in [2.75, 3.05) is 26.7 Å². The smallest absolute Gasteiger partial charge is 0.317 e. The minimum atomic E-state index is -0.751. The highest BCUT2D eigenvalue weighted by Gasteiger charge is 2.20. The number of carboxylic acids is 1. The molecule has 64 valence electrons. The Morgan fingerprint density at radius 3 is 3.00 bits per heavy atom. The number of hydrogen-bond acceptors (Lipinski definition) is 3. The predicted molar refractivity (Wildman–Crippen MR) is 41.5 cm³/mol. The van der Waals surface area contributed by atoms with Crippen LogP contribution in [-0.2, 0) is 4.79 Å². The van der Waals surface area contributed by atoms with Crippen molar-refractivity contribution in [3.63, 3.8) is 0 Å². The molecule has 0 radical (unpaired) electrons. The van der Waals surface area contributed by atoms with Gasteiger partial charge in [-0.05, 0) is 20.0 Å². The Morgan fingerprint density at radius 2 is 2.55 bits per heavy atom. The molecule has 1 aliphatic heterocycles. The molecule has 0 aromatic carbocycles. The standard InChI is InChI=1S/C7H14N2O2/c1-9(5-7(10)11)6-2-3-8-4-6/h6,8H,2-5H2,1H3,(H,10,11). The predicted octanol–water partition coefficient (Wildman–Crippen LogP) is -0.635. The van der Waals surface area contributed by atoms with Crippen molar-refractivity contribution in [3.05, 3.63) is 0 Å². The average Bonchev–Trinajstić information content (AvgIpc) is 2.35. The third kappa shape index (κ3) is 2.48. The van der Waals surface area contributed by atoms with Gasteiger partial charge < -0.3 is 10.4 Å². The SMILES string of the molecule is CN(CC(=O)O)C1CCNC1. The van der Waals surface area contributed by atoms with Crippen LogP contribution in [0.4, 0.5) is 0 Å². The number of hydrogen-bond donors (Lipinski definition) is 2. The van der Waals surface area contributed by atoms with Crippen molar-refractivity contribution < 1.29 is 9.90 Å². The van der Waals surface area contributed by atoms with Gasteiger partial charge in [-0.1, -0.05) is 0 Å². The van der Waals surface area contributed by atoms with Gasteiger partial charge in [-0.3, -0.25) is 9.69 Å². The van der Waals surface area contributed by atoms with Gasteiger partial charge in [0.25, 0.3) is 0 Å². The van der Waals surface area contributed by atoms with E-state index in [1.807, 2.05) is 11.9 Å². The van der Waals surface area contributed by atoms with Crippen LogP contribution in [0.1, 0.15) is 6.42 Å². The Balaban J connectivity index is 2.28. The first-order chi connectivity index (χ1) is 5.20. The zero-order chi connectivity index (χ0) is 8.27. The van der Waals surface area contributed by atoms with Crippen LogP contribution < -0.4 is 5.32 Å². The summed E-state index contributed by atoms with van der Waals surface area (Å²) < 4.78 is 0. The Kier molecular flexibility index (Phi) is 2.84. The Morgan fingerprint density at radius 1 is 1.82 bits per heavy atom. The molecule has 0 bridgehead atoms. The minimum absolute atomic E-state index is 0.145. The molecular formula is C7H14N2O2. The molecule has 1 rings (SSSR count). The Bertz CT molecular complexity index is 143. The Hall–Kier alpha value is -0.610. The number of carboxylic acid groups (broad SMARTS) is 1. The van der Waals surface area contributed by atoms with Crippen LogP contribution in [0.15, 0.2) is 0 Å². The van der Waals surface area contributed by atoms with E-state index in [1.54, 1.807) is 0 Å². The number of aliphatic carboxylic acids is 1. The average molecular weight is 158 g/mol. The summed E-state index contributed by atoms with van der Waals surface area (Å²) in [5, 5.41) is 11.7. The maximum absolute atomic E-state index is 10.3. The van der Waals surface area contributed by atoms with Crippen LogP contribution in [-0.4, -0.2) is 48.7 Å². The molecule has 1 saturated heterocycles. The van der Waals surface area contributed by atoms with Crippen LogP contribution >= 0.6 is 0 Å². The van der Waals surface area contributed by atoms with Gasteiger partial charge in [0.2, 0.25) is 0 Å². The van der Waals surface area contributed by atoms with Gasteiger partial charge in [0.05, 0.1) is 6.54 Å². The normalized spacial score (nSPS) is 24.4. The minimum Gasteiger partial charge on any atom is -0.480 e. The van der Waals surface area contributed by atoms with E-state index in [9.17, 15) is 4.79 Å². The summed E-state index contributed by atoms with van der Waals surface area (Å²) in [6.45, 7) is 2.07. The first kappa shape index (κ1) is 8.49. The first-order valence-electron chi connectivity index (χ1n) is 3.83. The lowest BCUT2D eigenvalue weighted by atomic mass is 10.2. The Labute approximate surface area is 66.2 Å². The molecule has 1 aliphatic rings. The van der Waals surface area contributed by atoms with Crippen LogP contribution in [0.2, 0.25) is 0 Å². The molecule has 11 heavy (non-hydrogen) atoms. The second-order valence-electron chi connectivity index (χ2n) is 2.96. The zero-order valence-electron chi connectivity index (χ0n) is 6.71. The third-order valence-electron chi connectivity index (χ3n) is 2.04. The molecule has 1 heterocycles. The first-order valence-corrected chi connectivity index (χ1v) is 3.83. The van der Waals surface area contributed by atoms with Gasteiger partial charge >= 0.3 is 5.97 Å². The molecule has 0 aromatic heterocycles. The quantitative estimate of drug-likeness (QED) is 0.574. The largest absolute Gasteiger partial charge is 0.480 e. The van der Waals surface area contributed by atoms with E-state index in [0.29, 0.717) is 6.04 Å². The van der Waals surface area contributed by atoms with E-state index in [0.717, 1.165) is 19.5 Å². The highest BCUT2D eigenvalue weighted by atomic mass is 16.4. The van der Waals surface area contributed by atoms with E-state index in [-0.39, 0.29) is 6.54 Å². The maximum Gasteiger partial charge on any atom is 0.317 e. The summed E-state index contributed by atoms with van der Waals surface area (Å²) in [7, 11) is 1.85. The second kappa shape index (κ2) is 3.69. The number of likely N-dealkylation sites (N-methyl/N-ethyl adjacent to an activating group) is 1. The fraction of sp³-hybridized carbons (Fsp3) is 0.857. The lowest BCUT2D eigenvalue weighted by Crippen LogP contribution is -2.37. The van der Waals surface area contributed by atoms with Crippen molar-refractivity contribution in [1.82, 2.24) is 10.2 Å². The van der Waals surface area contributed by atoms with Crippen molar-refractivity contribution in [2.24, 2.45) is 0 Å². The summed E-state index contributed by atoms with van der Waals surface area (Å²) in [6, 6.07) is 0.408. The summed E-state index contributed by atoms with van der Waals surface area (Å²) >= 11 is 0. The number of nitrogens with zero attached hydrogens (tertiary/aromatic N) is 1. The van der Waals surface area contributed by atoms with Gasteiger partial charge in [0.15, 0.2) is 0 Å². The third-order valence-corrected chi connectivity index (χ3v) is 2.04. The number of nitrogens with one attached hydrogen (secondary N) is 1. The van der Waals surface area contributed by atoms with Crippen LogP contribution in [0, 0.1) is 0 Å². The van der Waals surface area contributed by atoms with Gasteiger partial charge in [-0.15, -0.1) is 0 Å². The van der Waals surface area contributed by atoms with E-state index < -0.39 is 5.97 Å². The fourth-order valence-corrected chi connectivity index (χ4v) is 1.36. The molecule has 2 N–H and O–H groups in total. The monoisotopic (exact) mass is 158 g/mol. The molecule has 4 heteroatoms. The fourth-order valence-electron chi connectivity index (χ4n) is 1.36. The van der Waals surface area contributed by atoms with Gasteiger partial charge in [-0.2, -0.15) is 0 Å². The number of carbonyl (C=O) groups is 1. The molecule has 0 aliphatic carbocycles. The van der Waals surface area contributed by atoms with Crippen molar-refractivity contribution in [3.8, 4) is 0 Å². The molecule has 0 amide bonds. The van der Waals surface area contributed by atoms with Crippen LogP contribution in [0.25, 0.3) is 0 Å². The van der Waals surface area contributed by atoms with Crippen molar-refractivity contribution >= 4 is 5.97 Å². The lowest BCUT2D eigenvalue weighted by Gasteiger charge is -2.20. The van der Waals surface area contributed by atoms with Crippen molar-refractivity contribution in [2.45, 2.75) is 12.5 Å². The molecule has 4 nitrogen and oxygen atoms in total. The molecule has 1 fully saturated rings. The molecule has 1 atom stereocenters. The molecular weight excluding hydrogens is 144 g/mol. The van der Waals surface area contributed by atoms with E-state index in [1.165, 1.54) is 0 Å². The zero-order valence-corrected chi connectivity index (χ0v) is 6.71. The van der Waals surface area contributed by atoms with E-state index in [4.69, 9.17) is 5.11 Å². The van der Waals surface area contributed by atoms with E-state index in [2.05, 4.69) is 5.32 Å². The molecule has 0 spiro atoms. The molecule has 1 unspecified atom stereocenters.